The van der Waals surface area contributed by atoms with Crippen LogP contribution in [0.4, 0.5) is 11.4 Å². The Morgan fingerprint density at radius 3 is 1.95 bits per heavy atom. The summed E-state index contributed by atoms with van der Waals surface area (Å²) < 4.78 is 2.40. The van der Waals surface area contributed by atoms with E-state index in [-0.39, 0.29) is 0 Å². The zero-order valence-electron chi connectivity index (χ0n) is 32.1. The quantitative estimate of drug-likeness (QED) is 0.148. The number of allylic oxidation sites excluding steroid dienone is 4. The van der Waals surface area contributed by atoms with E-state index in [0.717, 1.165) is 29.9 Å². The van der Waals surface area contributed by atoms with Crippen LogP contribution in [0.15, 0.2) is 224 Å². The van der Waals surface area contributed by atoms with Crippen molar-refractivity contribution in [3.05, 3.63) is 230 Å². The molecule has 0 aliphatic heterocycles. The molecule has 1 heterocycles. The summed E-state index contributed by atoms with van der Waals surface area (Å²) in [6.45, 7) is 0. The second kappa shape index (κ2) is 14.3. The van der Waals surface area contributed by atoms with Gasteiger partial charge in [0.05, 0.1) is 16.7 Å². The highest BCUT2D eigenvalue weighted by Gasteiger charge is 2.24. The molecular formula is C56H40N2. The summed E-state index contributed by atoms with van der Waals surface area (Å²) in [5.74, 6) is 0. The summed E-state index contributed by atoms with van der Waals surface area (Å²) in [5, 5.41) is 7.56. The van der Waals surface area contributed by atoms with Crippen molar-refractivity contribution in [2.24, 2.45) is 0 Å². The number of para-hydroxylation sites is 3. The first kappa shape index (κ1) is 33.9. The van der Waals surface area contributed by atoms with Crippen molar-refractivity contribution in [1.82, 2.24) is 4.57 Å². The average Bonchev–Trinajstić information content (AvgIpc) is 3.65. The van der Waals surface area contributed by atoms with Gasteiger partial charge in [-0.15, -0.1) is 0 Å². The van der Waals surface area contributed by atoms with E-state index < -0.39 is 0 Å². The number of aromatic nitrogens is 1. The summed E-state index contributed by atoms with van der Waals surface area (Å²) in [5.41, 5.74) is 14.5. The van der Waals surface area contributed by atoms with E-state index in [1.807, 2.05) is 0 Å². The smallest absolute Gasteiger partial charge is 0.0547 e. The Morgan fingerprint density at radius 2 is 1.07 bits per heavy atom. The summed E-state index contributed by atoms with van der Waals surface area (Å²) >= 11 is 0. The Balaban J connectivity index is 1.11. The van der Waals surface area contributed by atoms with E-state index in [4.69, 9.17) is 0 Å². The zero-order valence-corrected chi connectivity index (χ0v) is 32.1. The van der Waals surface area contributed by atoms with Crippen LogP contribution in [0.5, 0.6) is 0 Å². The normalized spacial score (nSPS) is 12.9. The van der Waals surface area contributed by atoms with Crippen molar-refractivity contribution in [2.75, 3.05) is 4.90 Å². The molecule has 0 atom stereocenters. The highest BCUT2D eigenvalue weighted by Crippen LogP contribution is 2.45. The van der Waals surface area contributed by atoms with Gasteiger partial charge < -0.3 is 9.47 Å². The fourth-order valence-electron chi connectivity index (χ4n) is 9.23. The monoisotopic (exact) mass is 740 g/mol. The van der Waals surface area contributed by atoms with E-state index in [1.165, 1.54) is 82.4 Å². The number of hydrogen-bond donors (Lipinski definition) is 0. The fourth-order valence-corrected chi connectivity index (χ4v) is 9.23. The van der Waals surface area contributed by atoms with Crippen LogP contribution in [-0.2, 0) is 0 Å². The predicted molar refractivity (Wildman–Crippen MR) is 247 cm³/mol. The van der Waals surface area contributed by atoms with Gasteiger partial charge in [-0.2, -0.15) is 0 Å². The third-order valence-electron chi connectivity index (χ3n) is 11.8. The second-order valence-corrected chi connectivity index (χ2v) is 15.2. The molecule has 0 unspecified atom stereocenters. The van der Waals surface area contributed by atoms with Gasteiger partial charge in [-0.3, -0.25) is 0 Å². The number of benzene rings is 9. The van der Waals surface area contributed by atoms with Crippen LogP contribution in [0, 0.1) is 0 Å². The first-order valence-electron chi connectivity index (χ1n) is 20.2. The van der Waals surface area contributed by atoms with Crippen molar-refractivity contribution in [2.45, 2.75) is 12.8 Å². The highest BCUT2D eigenvalue weighted by atomic mass is 15.2. The first-order chi connectivity index (χ1) is 28.8. The highest BCUT2D eigenvalue weighted by molar-refractivity contribution is 6.16. The molecule has 0 N–H and O–H groups in total. The summed E-state index contributed by atoms with van der Waals surface area (Å²) in [6.07, 6.45) is 6.56. The SMILES string of the molecule is C1=CC(c2ccccc2)=C(N(c2ccc3c(ccc4ccccc43)c2)c2ccccc2-c2cccc(-c3cccc4c3c3ccccc3n4-c3ccccc3)c2)CC1. The van der Waals surface area contributed by atoms with Gasteiger partial charge in [0.15, 0.2) is 0 Å². The summed E-state index contributed by atoms with van der Waals surface area (Å²) in [6, 6.07) is 75.5. The standard InChI is InChI=1S/C56H40N2/c1-3-17-39(18-4-1)48-25-9-12-29-52(48)58(45-35-36-47-43(38-45)34-33-40-19-7-8-24-46(40)47)53-30-13-10-26-49(53)41-20-15-21-42(37-41)50-28-16-32-55-56(50)51-27-11-14-31-54(51)57(55)44-22-5-2-6-23-44/h1-11,13-28,30-38H,12,29H2. The predicted octanol–water partition coefficient (Wildman–Crippen LogP) is 15.3. The lowest BCUT2D eigenvalue weighted by Crippen LogP contribution is -2.20. The molecule has 2 heteroatoms. The minimum absolute atomic E-state index is 0.929. The Bertz CT molecular complexity index is 3220. The molecule has 0 spiro atoms. The number of hydrogen-bond acceptors (Lipinski definition) is 1. The van der Waals surface area contributed by atoms with Gasteiger partial charge in [0, 0.05) is 39.0 Å². The minimum Gasteiger partial charge on any atom is -0.313 e. The zero-order chi connectivity index (χ0) is 38.4. The summed E-state index contributed by atoms with van der Waals surface area (Å²) in [7, 11) is 0. The third-order valence-corrected chi connectivity index (χ3v) is 11.8. The largest absolute Gasteiger partial charge is 0.313 e. The van der Waals surface area contributed by atoms with E-state index in [0.29, 0.717) is 0 Å². The lowest BCUT2D eigenvalue weighted by atomic mass is 9.92. The molecule has 58 heavy (non-hydrogen) atoms. The van der Waals surface area contributed by atoms with Gasteiger partial charge in [0.25, 0.3) is 0 Å². The lowest BCUT2D eigenvalue weighted by Gasteiger charge is -2.33. The van der Waals surface area contributed by atoms with Gasteiger partial charge in [-0.1, -0.05) is 170 Å². The minimum atomic E-state index is 0.929. The van der Waals surface area contributed by atoms with Crippen LogP contribution in [-0.4, -0.2) is 4.57 Å². The van der Waals surface area contributed by atoms with Gasteiger partial charge in [-0.25, -0.2) is 0 Å². The van der Waals surface area contributed by atoms with Crippen LogP contribution < -0.4 is 4.90 Å². The van der Waals surface area contributed by atoms with E-state index in [9.17, 15) is 0 Å². The average molecular weight is 741 g/mol. The lowest BCUT2D eigenvalue weighted by molar-refractivity contribution is 0.924. The Morgan fingerprint density at radius 1 is 0.431 bits per heavy atom. The first-order valence-corrected chi connectivity index (χ1v) is 20.2. The number of anilines is 2. The van der Waals surface area contributed by atoms with Crippen LogP contribution in [0.25, 0.3) is 76.9 Å². The van der Waals surface area contributed by atoms with Crippen LogP contribution in [0.3, 0.4) is 0 Å². The van der Waals surface area contributed by atoms with Crippen molar-refractivity contribution in [3.63, 3.8) is 0 Å². The second-order valence-electron chi connectivity index (χ2n) is 15.2. The molecule has 10 aromatic rings. The van der Waals surface area contributed by atoms with Crippen LogP contribution in [0.2, 0.25) is 0 Å². The maximum absolute atomic E-state index is 2.54. The van der Waals surface area contributed by atoms with E-state index in [1.54, 1.807) is 0 Å². The molecule has 1 aromatic heterocycles. The Kier molecular flexibility index (Phi) is 8.33. The molecule has 2 nitrogen and oxygen atoms in total. The molecule has 0 saturated carbocycles. The van der Waals surface area contributed by atoms with Crippen molar-refractivity contribution >= 4 is 60.3 Å². The molecule has 0 fully saturated rings. The maximum Gasteiger partial charge on any atom is 0.0547 e. The van der Waals surface area contributed by atoms with Crippen molar-refractivity contribution < 1.29 is 0 Å². The van der Waals surface area contributed by atoms with Crippen molar-refractivity contribution in [1.29, 1.82) is 0 Å². The van der Waals surface area contributed by atoms with Crippen molar-refractivity contribution in [3.8, 4) is 27.9 Å². The summed E-state index contributed by atoms with van der Waals surface area (Å²) in [4.78, 5) is 2.54. The van der Waals surface area contributed by atoms with Gasteiger partial charge in [0.2, 0.25) is 0 Å². The number of nitrogens with zero attached hydrogens (tertiary/aromatic N) is 2. The molecule has 11 rings (SSSR count). The van der Waals surface area contributed by atoms with Crippen LogP contribution in [0.1, 0.15) is 18.4 Å². The molecule has 0 saturated heterocycles. The van der Waals surface area contributed by atoms with Crippen LogP contribution >= 0.6 is 0 Å². The Hall–Kier alpha value is -7.42. The fraction of sp³-hybridized carbons (Fsp3) is 0.0357. The van der Waals surface area contributed by atoms with Gasteiger partial charge in [-0.05, 0) is 105 Å². The number of fused-ring (bicyclic) bond motifs is 6. The number of rotatable bonds is 7. The molecule has 0 radical (unpaired) electrons. The van der Waals surface area contributed by atoms with Gasteiger partial charge >= 0.3 is 0 Å². The van der Waals surface area contributed by atoms with E-state index >= 15 is 0 Å². The maximum atomic E-state index is 2.54. The molecule has 274 valence electrons. The molecule has 1 aliphatic carbocycles. The topological polar surface area (TPSA) is 8.17 Å². The third kappa shape index (κ3) is 5.73. The molecular weight excluding hydrogens is 701 g/mol. The molecule has 1 aliphatic rings. The Labute approximate surface area is 338 Å². The van der Waals surface area contributed by atoms with Gasteiger partial charge in [0.1, 0.15) is 0 Å². The molecule has 9 aromatic carbocycles. The van der Waals surface area contributed by atoms with E-state index in [2.05, 4.69) is 228 Å². The molecule has 0 bridgehead atoms. The molecule has 0 amide bonds.